The molecule has 2 aromatic rings. The number of fused-ring (bicyclic) bond motifs is 2. The molecule has 0 fully saturated rings. The zero-order chi connectivity index (χ0) is 19.5. The predicted octanol–water partition coefficient (Wildman–Crippen LogP) is 3.08. The van der Waals surface area contributed by atoms with E-state index >= 15 is 0 Å². The SMILES string of the molecule is CCCCSC1=NN2C(=c3ccccc3=NC2c2ccc(SC)cc2)C(=O)N1. The lowest BCUT2D eigenvalue weighted by molar-refractivity contribution is -0.116. The number of thioether (sulfide) groups is 2. The zero-order valence-corrected chi connectivity index (χ0v) is 17.5. The van der Waals surface area contributed by atoms with Crippen molar-refractivity contribution in [3.8, 4) is 0 Å². The lowest BCUT2D eigenvalue weighted by atomic mass is 10.1. The fourth-order valence-electron chi connectivity index (χ4n) is 3.20. The van der Waals surface area contributed by atoms with Crippen molar-refractivity contribution in [3.05, 3.63) is 64.7 Å². The molecule has 2 aliphatic rings. The van der Waals surface area contributed by atoms with Crippen molar-refractivity contribution < 1.29 is 4.79 Å². The summed E-state index contributed by atoms with van der Waals surface area (Å²) in [4.78, 5) is 19.1. The van der Waals surface area contributed by atoms with Crippen LogP contribution < -0.4 is 15.9 Å². The number of rotatable bonds is 5. The van der Waals surface area contributed by atoms with Crippen molar-refractivity contribution >= 4 is 40.3 Å². The Morgan fingerprint density at radius 3 is 2.68 bits per heavy atom. The minimum Gasteiger partial charge on any atom is -0.298 e. The van der Waals surface area contributed by atoms with Crippen LogP contribution in [0.25, 0.3) is 5.70 Å². The first-order valence-corrected chi connectivity index (χ1v) is 11.6. The minimum atomic E-state index is -0.353. The van der Waals surface area contributed by atoms with Crippen molar-refractivity contribution in [2.24, 2.45) is 10.1 Å². The molecule has 0 bridgehead atoms. The quantitative estimate of drug-likeness (QED) is 0.608. The highest BCUT2D eigenvalue weighted by atomic mass is 32.2. The molecule has 1 atom stereocenters. The molecule has 1 N–H and O–H groups in total. The first kappa shape index (κ1) is 19.1. The van der Waals surface area contributed by atoms with E-state index < -0.39 is 0 Å². The Bertz CT molecular complexity index is 1030. The number of amidine groups is 1. The Hall–Kier alpha value is -2.25. The van der Waals surface area contributed by atoms with Gasteiger partial charge in [-0.3, -0.25) is 15.1 Å². The molecule has 2 aliphatic heterocycles. The molecule has 7 heteroatoms. The van der Waals surface area contributed by atoms with Crippen LogP contribution in [0, 0.1) is 0 Å². The number of unbranched alkanes of at least 4 members (excludes halogenated alkanes) is 1. The van der Waals surface area contributed by atoms with Gasteiger partial charge in [-0.25, -0.2) is 5.01 Å². The highest BCUT2D eigenvalue weighted by Crippen LogP contribution is 2.31. The summed E-state index contributed by atoms with van der Waals surface area (Å²) in [7, 11) is 0. The lowest BCUT2D eigenvalue weighted by Gasteiger charge is -2.34. The van der Waals surface area contributed by atoms with Gasteiger partial charge in [0.05, 0.1) is 5.36 Å². The van der Waals surface area contributed by atoms with Crippen molar-refractivity contribution in [2.75, 3.05) is 12.0 Å². The van der Waals surface area contributed by atoms with Crippen LogP contribution in [0.2, 0.25) is 0 Å². The summed E-state index contributed by atoms with van der Waals surface area (Å²) in [6, 6.07) is 16.1. The minimum absolute atomic E-state index is 0.123. The molecular formula is C21H22N4OS2. The average molecular weight is 411 g/mol. The van der Waals surface area contributed by atoms with Gasteiger partial charge in [-0.2, -0.15) is 0 Å². The van der Waals surface area contributed by atoms with Gasteiger partial charge >= 0.3 is 0 Å². The van der Waals surface area contributed by atoms with Crippen molar-refractivity contribution in [1.82, 2.24) is 10.3 Å². The smallest absolute Gasteiger partial charge is 0.276 e. The van der Waals surface area contributed by atoms with E-state index in [9.17, 15) is 4.79 Å². The molecule has 0 saturated carbocycles. The number of hydrogen-bond donors (Lipinski definition) is 1. The summed E-state index contributed by atoms with van der Waals surface area (Å²) in [6.45, 7) is 2.16. The second kappa shape index (κ2) is 8.41. The number of carbonyl (C=O) groups excluding carboxylic acids is 1. The summed E-state index contributed by atoms with van der Waals surface area (Å²) in [5, 5.41) is 11.8. The maximum Gasteiger partial charge on any atom is 0.276 e. The predicted molar refractivity (Wildman–Crippen MR) is 116 cm³/mol. The third kappa shape index (κ3) is 3.69. The summed E-state index contributed by atoms with van der Waals surface area (Å²) in [5.41, 5.74) is 1.57. The van der Waals surface area contributed by atoms with Crippen LogP contribution in [0.4, 0.5) is 0 Å². The molecule has 0 spiro atoms. The summed E-state index contributed by atoms with van der Waals surface area (Å²) < 4.78 is 0. The van der Waals surface area contributed by atoms with Crippen LogP contribution in [0.1, 0.15) is 31.5 Å². The summed E-state index contributed by atoms with van der Waals surface area (Å²) >= 11 is 3.29. The highest BCUT2D eigenvalue weighted by molar-refractivity contribution is 8.13. The van der Waals surface area contributed by atoms with E-state index in [0.717, 1.165) is 34.7 Å². The van der Waals surface area contributed by atoms with Gasteiger partial charge in [0.1, 0.15) is 5.70 Å². The molecule has 5 nitrogen and oxygen atoms in total. The second-order valence-electron chi connectivity index (χ2n) is 6.55. The van der Waals surface area contributed by atoms with Gasteiger partial charge in [-0.15, -0.1) is 16.9 Å². The Kier molecular flexibility index (Phi) is 5.73. The molecule has 1 amide bonds. The van der Waals surface area contributed by atoms with Crippen molar-refractivity contribution in [1.29, 1.82) is 0 Å². The number of hydrogen-bond acceptors (Lipinski definition) is 6. The first-order valence-electron chi connectivity index (χ1n) is 9.34. The van der Waals surface area contributed by atoms with Crippen LogP contribution in [-0.2, 0) is 4.79 Å². The van der Waals surface area contributed by atoms with E-state index in [4.69, 9.17) is 10.1 Å². The number of para-hydroxylation sites is 1. The van der Waals surface area contributed by atoms with Gasteiger partial charge in [0.25, 0.3) is 5.91 Å². The van der Waals surface area contributed by atoms with Gasteiger partial charge in [0, 0.05) is 15.9 Å². The second-order valence-corrected chi connectivity index (χ2v) is 8.51. The molecule has 2 heterocycles. The molecule has 144 valence electrons. The Morgan fingerprint density at radius 2 is 1.93 bits per heavy atom. The highest BCUT2D eigenvalue weighted by Gasteiger charge is 2.34. The maximum absolute atomic E-state index is 13.0. The van der Waals surface area contributed by atoms with E-state index in [1.807, 2.05) is 24.3 Å². The van der Waals surface area contributed by atoms with E-state index in [1.165, 1.54) is 4.90 Å². The molecular weight excluding hydrogens is 388 g/mol. The van der Waals surface area contributed by atoms with E-state index in [-0.39, 0.29) is 12.1 Å². The Labute approximate surface area is 173 Å². The van der Waals surface area contributed by atoms with Crippen LogP contribution in [0.15, 0.2) is 63.5 Å². The van der Waals surface area contributed by atoms with Gasteiger partial charge < -0.3 is 0 Å². The summed E-state index contributed by atoms with van der Waals surface area (Å²) in [6.07, 6.45) is 3.90. The topological polar surface area (TPSA) is 57.1 Å². The normalized spacial score (nSPS) is 18.0. The zero-order valence-electron chi connectivity index (χ0n) is 15.9. The van der Waals surface area contributed by atoms with Crippen LogP contribution in [0.3, 0.4) is 0 Å². The van der Waals surface area contributed by atoms with E-state index in [0.29, 0.717) is 10.9 Å². The van der Waals surface area contributed by atoms with Crippen LogP contribution >= 0.6 is 23.5 Å². The number of benzene rings is 2. The molecule has 1 unspecified atom stereocenters. The van der Waals surface area contributed by atoms with Gasteiger partial charge in [-0.05, 0) is 36.4 Å². The van der Waals surface area contributed by atoms with E-state index in [2.05, 4.69) is 42.8 Å². The maximum atomic E-state index is 13.0. The third-order valence-corrected chi connectivity index (χ3v) is 6.36. The fraction of sp³-hybridized carbons (Fsp3) is 0.286. The van der Waals surface area contributed by atoms with Gasteiger partial charge in [-0.1, -0.05) is 55.4 Å². The number of hydrazone groups is 1. The number of nitrogens with zero attached hydrogens (tertiary/aromatic N) is 3. The Morgan fingerprint density at radius 1 is 1.14 bits per heavy atom. The number of carbonyl (C=O) groups is 1. The molecule has 0 aliphatic carbocycles. The molecule has 28 heavy (non-hydrogen) atoms. The average Bonchev–Trinajstić information content (AvgIpc) is 2.73. The lowest BCUT2D eigenvalue weighted by Crippen LogP contribution is -2.50. The third-order valence-electron chi connectivity index (χ3n) is 4.67. The monoisotopic (exact) mass is 410 g/mol. The largest absolute Gasteiger partial charge is 0.298 e. The molecule has 0 aromatic heterocycles. The van der Waals surface area contributed by atoms with Gasteiger partial charge in [0.2, 0.25) is 0 Å². The Balaban J connectivity index is 1.81. The number of amides is 1. The van der Waals surface area contributed by atoms with Crippen molar-refractivity contribution in [2.45, 2.75) is 30.8 Å². The molecule has 2 aromatic carbocycles. The van der Waals surface area contributed by atoms with Crippen LogP contribution in [0.5, 0.6) is 0 Å². The van der Waals surface area contributed by atoms with Crippen LogP contribution in [-0.4, -0.2) is 28.1 Å². The van der Waals surface area contributed by atoms with Gasteiger partial charge in [0.15, 0.2) is 11.3 Å². The summed E-state index contributed by atoms with van der Waals surface area (Å²) in [5.74, 6) is 0.807. The molecule has 0 radical (unpaired) electrons. The van der Waals surface area contributed by atoms with Crippen molar-refractivity contribution in [3.63, 3.8) is 0 Å². The number of nitrogens with one attached hydrogen (secondary N) is 1. The standard InChI is InChI=1S/C21H22N4OS2/c1-3-4-13-28-21-23-20(26)18-16-7-5-6-8-17(16)22-19(25(18)24-21)14-9-11-15(27-2)12-10-14/h5-12,19H,3-4,13H2,1-2H3,(H,23,24,26). The first-order chi connectivity index (χ1) is 13.7. The molecule has 4 rings (SSSR count). The van der Waals surface area contributed by atoms with E-state index in [1.54, 1.807) is 28.5 Å². The fourth-order valence-corrected chi connectivity index (χ4v) is 4.54. The molecule has 0 saturated heterocycles.